The van der Waals surface area contributed by atoms with Crippen molar-refractivity contribution in [2.45, 2.75) is 19.0 Å². The molecule has 0 aliphatic carbocycles. The molecule has 0 atom stereocenters. The number of rotatable bonds is 6. The van der Waals surface area contributed by atoms with Gasteiger partial charge in [-0.3, -0.25) is 0 Å². The predicted molar refractivity (Wildman–Crippen MR) is 70.9 cm³/mol. The molecule has 0 saturated carbocycles. The van der Waals surface area contributed by atoms with Crippen molar-refractivity contribution < 1.29 is 0 Å². The van der Waals surface area contributed by atoms with E-state index in [-0.39, 0.29) is 8.67 Å². The second-order valence-electron chi connectivity index (χ2n) is 3.25. The molecule has 0 spiro atoms. The van der Waals surface area contributed by atoms with E-state index in [4.69, 9.17) is 0 Å². The lowest BCUT2D eigenvalue weighted by atomic mass is 10.4. The average molecular weight is 226 g/mol. The summed E-state index contributed by atoms with van der Waals surface area (Å²) in [6.07, 6.45) is 1.47. The summed E-state index contributed by atoms with van der Waals surface area (Å²) in [7, 11) is 0.318. The molecule has 1 aromatic carbocycles. The molecule has 72 valence electrons. The SMILES string of the molecule is C[SiH2]CCCS[SiH2]c1ccccc1. The van der Waals surface area contributed by atoms with Gasteiger partial charge in [-0.15, -0.1) is 0 Å². The van der Waals surface area contributed by atoms with Crippen LogP contribution in [0.3, 0.4) is 0 Å². The van der Waals surface area contributed by atoms with Crippen LogP contribution in [0, 0.1) is 0 Å². The van der Waals surface area contributed by atoms with Gasteiger partial charge in [0.15, 0.2) is 0 Å². The predicted octanol–water partition coefficient (Wildman–Crippen LogP) is 1.15. The molecule has 0 fully saturated rings. The van der Waals surface area contributed by atoms with Gasteiger partial charge in [-0.05, 0) is 12.2 Å². The van der Waals surface area contributed by atoms with Gasteiger partial charge in [0.25, 0.3) is 0 Å². The van der Waals surface area contributed by atoms with Crippen LogP contribution in [0.2, 0.25) is 12.6 Å². The van der Waals surface area contributed by atoms with E-state index >= 15 is 0 Å². The highest BCUT2D eigenvalue weighted by atomic mass is 32.4. The third-order valence-corrected chi connectivity index (χ3v) is 7.28. The summed E-state index contributed by atoms with van der Waals surface area (Å²) >= 11 is 2.21. The van der Waals surface area contributed by atoms with Crippen molar-refractivity contribution in [3.05, 3.63) is 30.3 Å². The largest absolute Gasteiger partial charge is 0.188 e. The normalized spacial score (nSPS) is 12.1. The Kier molecular flexibility index (Phi) is 6.32. The van der Waals surface area contributed by atoms with Crippen LogP contribution in [-0.2, 0) is 0 Å². The zero-order valence-electron chi connectivity index (χ0n) is 8.33. The lowest BCUT2D eigenvalue weighted by Gasteiger charge is -1.99. The van der Waals surface area contributed by atoms with E-state index in [1.54, 1.807) is 5.19 Å². The first-order valence-corrected chi connectivity index (χ1v) is 11.1. The van der Waals surface area contributed by atoms with Crippen molar-refractivity contribution in [2.75, 3.05) is 5.75 Å². The van der Waals surface area contributed by atoms with Crippen LogP contribution in [0.1, 0.15) is 6.42 Å². The van der Waals surface area contributed by atoms with Crippen LogP contribution >= 0.6 is 11.2 Å². The molecule has 0 saturated heterocycles. The molecule has 1 aromatic rings. The summed E-state index contributed by atoms with van der Waals surface area (Å²) in [6, 6.07) is 12.5. The van der Waals surface area contributed by atoms with E-state index < -0.39 is 0 Å². The van der Waals surface area contributed by atoms with Gasteiger partial charge in [-0.1, -0.05) is 48.1 Å². The average Bonchev–Trinajstić information content (AvgIpc) is 2.19. The molecule has 13 heavy (non-hydrogen) atoms. The summed E-state index contributed by atoms with van der Waals surface area (Å²) in [5, 5.41) is 1.60. The zero-order valence-corrected chi connectivity index (χ0v) is 12.0. The Morgan fingerprint density at radius 1 is 1.23 bits per heavy atom. The molecule has 1 rings (SSSR count). The molecule has 0 aromatic heterocycles. The second-order valence-corrected chi connectivity index (χ2v) is 8.96. The first kappa shape index (κ1) is 11.1. The monoisotopic (exact) mass is 226 g/mol. The molecule has 0 unspecified atom stereocenters. The van der Waals surface area contributed by atoms with Gasteiger partial charge in [0.1, 0.15) is 8.67 Å². The highest BCUT2D eigenvalue weighted by Crippen LogP contribution is 2.02. The molecular weight excluding hydrogens is 208 g/mol. The molecule has 0 aliphatic heterocycles. The van der Waals surface area contributed by atoms with E-state index in [0.29, 0.717) is 9.52 Å². The van der Waals surface area contributed by atoms with E-state index in [9.17, 15) is 0 Å². The van der Waals surface area contributed by atoms with Gasteiger partial charge in [-0.2, -0.15) is 11.2 Å². The topological polar surface area (TPSA) is 0 Å². The summed E-state index contributed by atoms with van der Waals surface area (Å²) in [4.78, 5) is 0. The molecule has 0 amide bonds. The minimum absolute atomic E-state index is 0.00728. The maximum Gasteiger partial charge on any atom is 0.117 e. The number of hydrogen-bond acceptors (Lipinski definition) is 1. The molecule has 3 heteroatoms. The van der Waals surface area contributed by atoms with Crippen molar-refractivity contribution in [3.63, 3.8) is 0 Å². The molecule has 0 nitrogen and oxygen atoms in total. The number of hydrogen-bond donors (Lipinski definition) is 0. The molecule has 0 heterocycles. The Bertz CT molecular complexity index is 213. The van der Waals surface area contributed by atoms with Crippen molar-refractivity contribution >= 4 is 34.6 Å². The Labute approximate surface area is 89.8 Å². The molecule has 0 bridgehead atoms. The minimum Gasteiger partial charge on any atom is -0.188 e. The van der Waals surface area contributed by atoms with E-state index in [1.165, 1.54) is 18.2 Å². The van der Waals surface area contributed by atoms with Gasteiger partial charge >= 0.3 is 0 Å². The first-order chi connectivity index (χ1) is 6.43. The van der Waals surface area contributed by atoms with Crippen molar-refractivity contribution in [1.29, 1.82) is 0 Å². The Morgan fingerprint density at radius 2 is 2.00 bits per heavy atom. The van der Waals surface area contributed by atoms with Crippen molar-refractivity contribution in [1.82, 2.24) is 0 Å². The summed E-state index contributed by atoms with van der Waals surface area (Å²) in [5.41, 5.74) is 0. The van der Waals surface area contributed by atoms with Crippen LogP contribution in [0.15, 0.2) is 30.3 Å². The second kappa shape index (κ2) is 7.41. The number of benzene rings is 1. The van der Waals surface area contributed by atoms with Crippen molar-refractivity contribution in [2.24, 2.45) is 0 Å². The molecule has 0 aliphatic rings. The summed E-state index contributed by atoms with van der Waals surface area (Å²) < 4.78 is 0. The fourth-order valence-electron chi connectivity index (χ4n) is 1.22. The van der Waals surface area contributed by atoms with E-state index in [2.05, 4.69) is 48.1 Å². The standard InChI is InChI=1S/C10H18SSi2/c1-12-9-5-8-11-13-10-6-3-2-4-7-10/h2-4,6-7H,5,8-9,12-13H2,1H3. The van der Waals surface area contributed by atoms with Gasteiger partial charge in [0, 0.05) is 9.52 Å². The van der Waals surface area contributed by atoms with Gasteiger partial charge in [0.2, 0.25) is 0 Å². The van der Waals surface area contributed by atoms with E-state index in [0.717, 1.165) is 0 Å². The molecule has 0 radical (unpaired) electrons. The van der Waals surface area contributed by atoms with Crippen molar-refractivity contribution in [3.8, 4) is 0 Å². The zero-order chi connectivity index (χ0) is 9.36. The highest BCUT2D eigenvalue weighted by Gasteiger charge is 1.92. The summed E-state index contributed by atoms with van der Waals surface area (Å²) in [6.45, 7) is 2.40. The smallest absolute Gasteiger partial charge is 0.117 e. The lowest BCUT2D eigenvalue weighted by Crippen LogP contribution is -2.09. The Morgan fingerprint density at radius 3 is 2.69 bits per heavy atom. The quantitative estimate of drug-likeness (QED) is 0.518. The van der Waals surface area contributed by atoms with E-state index in [1.807, 2.05) is 0 Å². The fraction of sp³-hybridized carbons (Fsp3) is 0.400. The third-order valence-electron chi connectivity index (χ3n) is 2.00. The van der Waals surface area contributed by atoms with Crippen LogP contribution in [0.5, 0.6) is 0 Å². The third kappa shape index (κ3) is 5.34. The van der Waals surface area contributed by atoms with Crippen LogP contribution < -0.4 is 5.19 Å². The van der Waals surface area contributed by atoms with Gasteiger partial charge in [-0.25, -0.2) is 0 Å². The Hall–Kier alpha value is 0.00377. The summed E-state index contributed by atoms with van der Waals surface area (Å²) in [5.74, 6) is 1.40. The highest BCUT2D eigenvalue weighted by molar-refractivity contribution is 8.23. The van der Waals surface area contributed by atoms with Crippen LogP contribution in [0.4, 0.5) is 0 Å². The van der Waals surface area contributed by atoms with Crippen LogP contribution in [0.25, 0.3) is 0 Å². The molecule has 0 N–H and O–H groups in total. The maximum atomic E-state index is 2.40. The van der Waals surface area contributed by atoms with Gasteiger partial charge < -0.3 is 0 Å². The Balaban J connectivity index is 2.07. The molecular formula is C10H18SSi2. The first-order valence-electron chi connectivity index (χ1n) is 5.05. The minimum atomic E-state index is -0.00728. The van der Waals surface area contributed by atoms with Crippen LogP contribution in [-0.4, -0.2) is 23.9 Å². The lowest BCUT2D eigenvalue weighted by molar-refractivity contribution is 1.10. The van der Waals surface area contributed by atoms with Gasteiger partial charge in [0.05, 0.1) is 0 Å². The maximum absolute atomic E-state index is 2.40. The fourth-order valence-corrected chi connectivity index (χ4v) is 5.91.